The Bertz CT molecular complexity index is 207. The molecule has 0 bridgehead atoms. The second-order valence-corrected chi connectivity index (χ2v) is 5.38. The lowest BCUT2D eigenvalue weighted by Crippen LogP contribution is -2.25. The molecule has 0 aromatic rings. The van der Waals surface area contributed by atoms with E-state index in [4.69, 9.17) is 0 Å². The second-order valence-electron chi connectivity index (χ2n) is 5.38. The molecular formula is C13H24N2. The van der Waals surface area contributed by atoms with Gasteiger partial charge in [-0.15, -0.1) is 0 Å². The molecule has 0 amide bonds. The van der Waals surface area contributed by atoms with Crippen molar-refractivity contribution in [1.82, 2.24) is 9.80 Å². The number of rotatable bonds is 4. The van der Waals surface area contributed by atoms with Crippen LogP contribution in [0.5, 0.6) is 0 Å². The topological polar surface area (TPSA) is 6.48 Å². The predicted molar refractivity (Wildman–Crippen MR) is 65.0 cm³/mol. The maximum absolute atomic E-state index is 2.67. The molecule has 1 aliphatic carbocycles. The molecule has 0 aromatic heterocycles. The van der Waals surface area contributed by atoms with E-state index in [-0.39, 0.29) is 0 Å². The molecular weight excluding hydrogens is 184 g/mol. The van der Waals surface area contributed by atoms with Crippen molar-refractivity contribution in [3.8, 4) is 0 Å². The molecule has 1 heterocycles. The summed E-state index contributed by atoms with van der Waals surface area (Å²) in [5.41, 5.74) is 0. The first-order chi connectivity index (χ1) is 7.25. The van der Waals surface area contributed by atoms with Crippen LogP contribution in [-0.4, -0.2) is 50.1 Å². The number of nitrogens with zero attached hydrogens (tertiary/aromatic N) is 2. The Kier molecular flexibility index (Phi) is 3.81. The summed E-state index contributed by atoms with van der Waals surface area (Å²) in [4.78, 5) is 4.95. The molecule has 1 saturated heterocycles. The molecule has 0 aromatic carbocycles. The summed E-state index contributed by atoms with van der Waals surface area (Å²) in [6.45, 7) is 5.22. The fourth-order valence-corrected chi connectivity index (χ4v) is 2.91. The minimum Gasteiger partial charge on any atom is -0.309 e. The average molecular weight is 208 g/mol. The highest BCUT2D eigenvalue weighted by Gasteiger charge is 2.31. The highest BCUT2D eigenvalue weighted by Crippen LogP contribution is 2.32. The summed E-state index contributed by atoms with van der Waals surface area (Å²) >= 11 is 0. The summed E-state index contributed by atoms with van der Waals surface area (Å²) < 4.78 is 0. The van der Waals surface area contributed by atoms with Crippen molar-refractivity contribution < 1.29 is 0 Å². The van der Waals surface area contributed by atoms with Gasteiger partial charge in [0.15, 0.2) is 0 Å². The van der Waals surface area contributed by atoms with E-state index < -0.39 is 0 Å². The summed E-state index contributed by atoms with van der Waals surface area (Å²) in [6, 6.07) is 0. The molecule has 1 fully saturated rings. The largest absolute Gasteiger partial charge is 0.309 e. The first-order valence-electron chi connectivity index (χ1n) is 6.28. The van der Waals surface area contributed by atoms with Gasteiger partial charge in [-0.25, -0.2) is 0 Å². The van der Waals surface area contributed by atoms with Gasteiger partial charge >= 0.3 is 0 Å². The summed E-state index contributed by atoms with van der Waals surface area (Å²) in [5.74, 6) is 1.93. The minimum atomic E-state index is 0.967. The molecule has 2 aliphatic rings. The Labute approximate surface area is 93.9 Å². The van der Waals surface area contributed by atoms with Crippen LogP contribution in [0.1, 0.15) is 19.3 Å². The minimum absolute atomic E-state index is 0.967. The zero-order valence-electron chi connectivity index (χ0n) is 10.2. The van der Waals surface area contributed by atoms with Gasteiger partial charge in [0.25, 0.3) is 0 Å². The van der Waals surface area contributed by atoms with Crippen molar-refractivity contribution in [2.45, 2.75) is 19.3 Å². The molecule has 2 heteroatoms. The molecule has 0 unspecified atom stereocenters. The van der Waals surface area contributed by atoms with E-state index in [1.54, 1.807) is 0 Å². The van der Waals surface area contributed by atoms with Crippen molar-refractivity contribution >= 4 is 0 Å². The van der Waals surface area contributed by atoms with Crippen LogP contribution in [0.3, 0.4) is 0 Å². The Hall–Kier alpha value is -0.340. The Morgan fingerprint density at radius 1 is 1.13 bits per heavy atom. The SMILES string of the molecule is CN(C)CCCN1C[C@H]2CC=CC[C@H]2C1. The molecule has 2 rings (SSSR count). The van der Waals surface area contributed by atoms with Gasteiger partial charge in [0, 0.05) is 13.1 Å². The van der Waals surface area contributed by atoms with Gasteiger partial charge in [0.1, 0.15) is 0 Å². The lowest BCUT2D eigenvalue weighted by Gasteiger charge is -2.18. The first kappa shape index (κ1) is 11.2. The van der Waals surface area contributed by atoms with Crippen LogP contribution in [0, 0.1) is 11.8 Å². The van der Waals surface area contributed by atoms with E-state index in [9.17, 15) is 0 Å². The number of hydrogen-bond acceptors (Lipinski definition) is 2. The monoisotopic (exact) mass is 208 g/mol. The molecule has 2 nitrogen and oxygen atoms in total. The normalized spacial score (nSPS) is 31.1. The van der Waals surface area contributed by atoms with Crippen LogP contribution in [0.4, 0.5) is 0 Å². The van der Waals surface area contributed by atoms with Gasteiger partial charge in [-0.3, -0.25) is 0 Å². The highest BCUT2D eigenvalue weighted by atomic mass is 15.2. The van der Waals surface area contributed by atoms with Crippen molar-refractivity contribution in [1.29, 1.82) is 0 Å². The maximum Gasteiger partial charge on any atom is 0.00160 e. The van der Waals surface area contributed by atoms with Gasteiger partial charge in [0.05, 0.1) is 0 Å². The predicted octanol–water partition coefficient (Wildman–Crippen LogP) is 1.84. The van der Waals surface area contributed by atoms with Gasteiger partial charge in [-0.1, -0.05) is 12.2 Å². The van der Waals surface area contributed by atoms with E-state index in [1.165, 1.54) is 45.4 Å². The summed E-state index contributed by atoms with van der Waals surface area (Å²) in [5, 5.41) is 0. The van der Waals surface area contributed by atoms with Crippen LogP contribution < -0.4 is 0 Å². The number of allylic oxidation sites excluding steroid dienone is 2. The number of fused-ring (bicyclic) bond motifs is 1. The Morgan fingerprint density at radius 3 is 2.27 bits per heavy atom. The number of likely N-dealkylation sites (tertiary alicyclic amines) is 1. The molecule has 1 aliphatic heterocycles. The summed E-state index contributed by atoms with van der Waals surface area (Å²) in [6.07, 6.45) is 8.73. The number of hydrogen-bond donors (Lipinski definition) is 0. The van der Waals surface area contributed by atoms with E-state index in [1.807, 2.05) is 0 Å². The van der Waals surface area contributed by atoms with E-state index in [0.717, 1.165) is 11.8 Å². The first-order valence-corrected chi connectivity index (χ1v) is 6.28. The third-order valence-electron chi connectivity index (χ3n) is 3.78. The van der Waals surface area contributed by atoms with Gasteiger partial charge in [-0.2, -0.15) is 0 Å². The van der Waals surface area contributed by atoms with Crippen molar-refractivity contribution in [2.75, 3.05) is 40.3 Å². The van der Waals surface area contributed by atoms with E-state index >= 15 is 0 Å². The standard InChI is InChI=1S/C13H24N2/c1-14(2)8-5-9-15-10-12-6-3-4-7-13(12)11-15/h3-4,12-13H,5-11H2,1-2H3/t12-,13+. The summed E-state index contributed by atoms with van der Waals surface area (Å²) in [7, 11) is 4.32. The lowest BCUT2D eigenvalue weighted by atomic mass is 9.86. The molecule has 0 saturated carbocycles. The molecule has 86 valence electrons. The Balaban J connectivity index is 1.69. The van der Waals surface area contributed by atoms with Gasteiger partial charge < -0.3 is 9.80 Å². The van der Waals surface area contributed by atoms with Gasteiger partial charge in [0.2, 0.25) is 0 Å². The fraction of sp³-hybridized carbons (Fsp3) is 0.846. The molecule has 0 N–H and O–H groups in total. The van der Waals surface area contributed by atoms with Crippen molar-refractivity contribution in [3.63, 3.8) is 0 Å². The van der Waals surface area contributed by atoms with E-state index in [0.29, 0.717) is 0 Å². The van der Waals surface area contributed by atoms with Crippen LogP contribution in [0.2, 0.25) is 0 Å². The van der Waals surface area contributed by atoms with Gasteiger partial charge in [-0.05, 0) is 58.3 Å². The molecule has 2 atom stereocenters. The average Bonchev–Trinajstić information content (AvgIpc) is 2.59. The smallest absolute Gasteiger partial charge is 0.00160 e. The maximum atomic E-state index is 2.67. The third kappa shape index (κ3) is 3.05. The van der Waals surface area contributed by atoms with Crippen molar-refractivity contribution in [3.05, 3.63) is 12.2 Å². The van der Waals surface area contributed by atoms with Crippen LogP contribution in [0.25, 0.3) is 0 Å². The Morgan fingerprint density at radius 2 is 1.73 bits per heavy atom. The van der Waals surface area contributed by atoms with Crippen LogP contribution >= 0.6 is 0 Å². The zero-order chi connectivity index (χ0) is 10.7. The molecule has 0 radical (unpaired) electrons. The molecule has 0 spiro atoms. The molecule has 15 heavy (non-hydrogen) atoms. The fourth-order valence-electron chi connectivity index (χ4n) is 2.91. The second kappa shape index (κ2) is 5.13. The van der Waals surface area contributed by atoms with Crippen LogP contribution in [-0.2, 0) is 0 Å². The highest BCUT2D eigenvalue weighted by molar-refractivity contribution is 4.99. The third-order valence-corrected chi connectivity index (χ3v) is 3.78. The van der Waals surface area contributed by atoms with E-state index in [2.05, 4.69) is 36.0 Å². The van der Waals surface area contributed by atoms with Crippen LogP contribution in [0.15, 0.2) is 12.2 Å². The lowest BCUT2D eigenvalue weighted by molar-refractivity contribution is 0.291. The van der Waals surface area contributed by atoms with Crippen molar-refractivity contribution in [2.24, 2.45) is 11.8 Å². The quantitative estimate of drug-likeness (QED) is 0.650. The zero-order valence-corrected chi connectivity index (χ0v) is 10.2.